The number of aryl methyl sites for hydroxylation is 1. The highest BCUT2D eigenvalue weighted by atomic mass is 16.1. The molecule has 0 saturated carbocycles. The Morgan fingerprint density at radius 2 is 1.86 bits per heavy atom. The Labute approximate surface area is 170 Å². The van der Waals surface area contributed by atoms with Gasteiger partial charge in [0.1, 0.15) is 0 Å². The summed E-state index contributed by atoms with van der Waals surface area (Å²) in [5.74, 6) is -0.148. The lowest BCUT2D eigenvalue weighted by atomic mass is 10.1. The molecule has 1 saturated heterocycles. The number of fused-ring (bicyclic) bond motifs is 1. The highest BCUT2D eigenvalue weighted by molar-refractivity contribution is 6.05. The van der Waals surface area contributed by atoms with E-state index in [2.05, 4.69) is 26.9 Å². The molecule has 2 aromatic carbocycles. The molecule has 1 aliphatic rings. The summed E-state index contributed by atoms with van der Waals surface area (Å²) in [4.78, 5) is 14.9. The molecule has 0 spiro atoms. The van der Waals surface area contributed by atoms with Gasteiger partial charge in [0.2, 0.25) is 5.91 Å². The van der Waals surface area contributed by atoms with Crippen LogP contribution in [0.4, 0.5) is 11.4 Å². The van der Waals surface area contributed by atoms with Gasteiger partial charge in [-0.3, -0.25) is 4.79 Å². The van der Waals surface area contributed by atoms with Crippen LogP contribution in [-0.4, -0.2) is 23.6 Å². The van der Waals surface area contributed by atoms with Gasteiger partial charge in [-0.25, -0.2) is 0 Å². The number of hydrogen-bond donors (Lipinski definition) is 1. The molecule has 3 aromatic rings. The largest absolute Gasteiger partial charge is 0.370 e. The van der Waals surface area contributed by atoms with Crippen LogP contribution in [0.1, 0.15) is 24.8 Å². The summed E-state index contributed by atoms with van der Waals surface area (Å²) < 4.78 is 2.07. The van der Waals surface area contributed by atoms with Crippen LogP contribution in [0.15, 0.2) is 60.8 Å². The second kappa shape index (κ2) is 8.66. The molecule has 1 amide bonds. The average molecular weight is 384 g/mol. The predicted octanol–water partition coefficient (Wildman–Crippen LogP) is 4.81. The van der Waals surface area contributed by atoms with Gasteiger partial charge in [-0.1, -0.05) is 30.3 Å². The molecule has 29 heavy (non-hydrogen) atoms. The fourth-order valence-corrected chi connectivity index (χ4v) is 3.92. The molecule has 0 bridgehead atoms. The van der Waals surface area contributed by atoms with Crippen molar-refractivity contribution < 1.29 is 4.79 Å². The normalized spacial score (nSPS) is 13.8. The van der Waals surface area contributed by atoms with Crippen molar-refractivity contribution in [1.29, 1.82) is 5.26 Å². The number of aromatic nitrogens is 1. The Morgan fingerprint density at radius 3 is 2.69 bits per heavy atom. The van der Waals surface area contributed by atoms with E-state index in [9.17, 15) is 4.79 Å². The van der Waals surface area contributed by atoms with Gasteiger partial charge in [-0.05, 0) is 37.1 Å². The molecule has 4 rings (SSSR count). The maximum absolute atomic E-state index is 12.6. The number of carbonyl (C=O) groups excluding carboxylic acids is 1. The van der Waals surface area contributed by atoms with E-state index in [1.807, 2.05) is 54.7 Å². The molecule has 5 heteroatoms. The zero-order valence-corrected chi connectivity index (χ0v) is 16.3. The fourth-order valence-electron chi connectivity index (χ4n) is 3.92. The molecule has 0 aliphatic carbocycles. The number of para-hydroxylation sites is 3. The first-order valence-corrected chi connectivity index (χ1v) is 10.0. The lowest BCUT2D eigenvalue weighted by molar-refractivity contribution is -0.111. The van der Waals surface area contributed by atoms with Crippen LogP contribution < -0.4 is 10.2 Å². The van der Waals surface area contributed by atoms with Crippen LogP contribution in [0, 0.1) is 11.3 Å². The maximum atomic E-state index is 12.6. The standard InChI is InChI=1S/C24H24N4O/c25-14-7-17-28-18-19(20-8-1-3-10-22(20)28)12-13-24(29)26-21-9-2-4-11-23(21)27-15-5-6-16-27/h1-4,8-13,18H,5-7,15-17H2,(H,26,29)/b13-12+. The number of carbonyl (C=O) groups is 1. The fraction of sp³-hybridized carbons (Fsp3) is 0.250. The second-order valence-corrected chi connectivity index (χ2v) is 7.24. The molecule has 1 aromatic heterocycles. The van der Waals surface area contributed by atoms with Gasteiger partial charge in [0, 0.05) is 48.4 Å². The molecule has 0 radical (unpaired) electrons. The predicted molar refractivity (Wildman–Crippen MR) is 118 cm³/mol. The topological polar surface area (TPSA) is 61.1 Å². The first-order valence-electron chi connectivity index (χ1n) is 10.0. The van der Waals surface area contributed by atoms with Gasteiger partial charge in [0.25, 0.3) is 0 Å². The molecule has 146 valence electrons. The van der Waals surface area contributed by atoms with E-state index in [4.69, 9.17) is 5.26 Å². The number of rotatable bonds is 6. The van der Waals surface area contributed by atoms with E-state index in [0.29, 0.717) is 13.0 Å². The lowest BCUT2D eigenvalue weighted by Gasteiger charge is -2.21. The van der Waals surface area contributed by atoms with Crippen LogP contribution in [-0.2, 0) is 11.3 Å². The smallest absolute Gasteiger partial charge is 0.248 e. The second-order valence-electron chi connectivity index (χ2n) is 7.24. The number of anilines is 2. The van der Waals surface area contributed by atoms with Crippen molar-refractivity contribution in [2.24, 2.45) is 0 Å². The number of nitriles is 1. The minimum absolute atomic E-state index is 0.148. The Morgan fingerprint density at radius 1 is 1.10 bits per heavy atom. The minimum Gasteiger partial charge on any atom is -0.370 e. The van der Waals surface area contributed by atoms with Crippen molar-refractivity contribution in [3.8, 4) is 6.07 Å². The van der Waals surface area contributed by atoms with Crippen molar-refractivity contribution in [2.45, 2.75) is 25.8 Å². The number of hydrogen-bond acceptors (Lipinski definition) is 3. The van der Waals surface area contributed by atoms with E-state index >= 15 is 0 Å². The molecular weight excluding hydrogens is 360 g/mol. The van der Waals surface area contributed by atoms with Crippen molar-refractivity contribution >= 4 is 34.3 Å². The highest BCUT2D eigenvalue weighted by Crippen LogP contribution is 2.29. The van der Waals surface area contributed by atoms with Gasteiger partial charge in [0.15, 0.2) is 0 Å². The number of amides is 1. The molecule has 1 aliphatic heterocycles. The summed E-state index contributed by atoms with van der Waals surface area (Å²) in [6, 6.07) is 18.2. The van der Waals surface area contributed by atoms with E-state index in [-0.39, 0.29) is 5.91 Å². The van der Waals surface area contributed by atoms with Gasteiger partial charge < -0.3 is 14.8 Å². The van der Waals surface area contributed by atoms with Crippen molar-refractivity contribution in [3.05, 3.63) is 66.4 Å². The third-order valence-electron chi connectivity index (χ3n) is 5.31. The van der Waals surface area contributed by atoms with E-state index in [1.54, 1.807) is 6.08 Å². The van der Waals surface area contributed by atoms with Gasteiger partial charge in [-0.15, -0.1) is 0 Å². The van der Waals surface area contributed by atoms with Crippen molar-refractivity contribution in [1.82, 2.24) is 4.57 Å². The zero-order chi connectivity index (χ0) is 20.1. The quantitative estimate of drug-likeness (QED) is 0.621. The zero-order valence-electron chi connectivity index (χ0n) is 16.3. The maximum Gasteiger partial charge on any atom is 0.248 e. The highest BCUT2D eigenvalue weighted by Gasteiger charge is 2.16. The van der Waals surface area contributed by atoms with Crippen LogP contribution in [0.2, 0.25) is 0 Å². The Bertz CT molecular complexity index is 1080. The first-order chi connectivity index (χ1) is 14.3. The Hall–Kier alpha value is -3.52. The summed E-state index contributed by atoms with van der Waals surface area (Å²) in [5.41, 5.74) is 3.98. The lowest BCUT2D eigenvalue weighted by Crippen LogP contribution is -2.20. The van der Waals surface area contributed by atoms with E-state index in [0.717, 1.165) is 40.9 Å². The number of benzene rings is 2. The number of nitrogens with zero attached hydrogens (tertiary/aromatic N) is 3. The van der Waals surface area contributed by atoms with Crippen LogP contribution in [0.25, 0.3) is 17.0 Å². The van der Waals surface area contributed by atoms with E-state index < -0.39 is 0 Å². The van der Waals surface area contributed by atoms with Gasteiger partial charge in [0.05, 0.1) is 23.9 Å². The summed E-state index contributed by atoms with van der Waals surface area (Å²) >= 11 is 0. The summed E-state index contributed by atoms with van der Waals surface area (Å²) in [6.07, 6.45) is 8.27. The molecule has 5 nitrogen and oxygen atoms in total. The van der Waals surface area contributed by atoms with Crippen molar-refractivity contribution in [2.75, 3.05) is 23.3 Å². The molecule has 2 heterocycles. The first kappa shape index (κ1) is 18.8. The summed E-state index contributed by atoms with van der Waals surface area (Å²) in [5, 5.41) is 13.0. The monoisotopic (exact) mass is 384 g/mol. The SMILES string of the molecule is N#CCCn1cc(/C=C/C(=O)Nc2ccccc2N2CCCC2)c2ccccc21. The van der Waals surface area contributed by atoms with Crippen LogP contribution in [0.5, 0.6) is 0 Å². The van der Waals surface area contributed by atoms with Gasteiger partial charge >= 0.3 is 0 Å². The molecule has 0 unspecified atom stereocenters. The molecule has 0 atom stereocenters. The summed E-state index contributed by atoms with van der Waals surface area (Å²) in [7, 11) is 0. The summed E-state index contributed by atoms with van der Waals surface area (Å²) in [6.45, 7) is 2.70. The van der Waals surface area contributed by atoms with E-state index in [1.165, 1.54) is 12.8 Å². The van der Waals surface area contributed by atoms with Crippen LogP contribution >= 0.6 is 0 Å². The number of nitrogens with one attached hydrogen (secondary N) is 1. The minimum atomic E-state index is -0.148. The molecular formula is C24H24N4O. The van der Waals surface area contributed by atoms with Crippen LogP contribution in [0.3, 0.4) is 0 Å². The third-order valence-corrected chi connectivity index (χ3v) is 5.31. The average Bonchev–Trinajstić information content (AvgIpc) is 3.40. The Kier molecular flexibility index (Phi) is 5.62. The van der Waals surface area contributed by atoms with Gasteiger partial charge in [-0.2, -0.15) is 5.26 Å². The molecule has 1 fully saturated rings. The van der Waals surface area contributed by atoms with Crippen molar-refractivity contribution in [3.63, 3.8) is 0 Å². The third kappa shape index (κ3) is 4.17. The Balaban J connectivity index is 1.53. The molecule has 1 N–H and O–H groups in total.